The van der Waals surface area contributed by atoms with E-state index in [4.69, 9.17) is 14.5 Å². The summed E-state index contributed by atoms with van der Waals surface area (Å²) in [6, 6.07) is 21.1. The monoisotopic (exact) mass is 360 g/mol. The molecular formula is C23H24N2O2. The number of hydrogen-bond donors (Lipinski definition) is 0. The number of hydrogen-bond acceptors (Lipinski definition) is 3. The molecule has 3 aromatic carbocycles. The van der Waals surface area contributed by atoms with E-state index in [1.165, 1.54) is 16.3 Å². The lowest BCUT2D eigenvalue weighted by Gasteiger charge is -2.16. The zero-order chi connectivity index (χ0) is 18.8. The summed E-state index contributed by atoms with van der Waals surface area (Å²) in [7, 11) is 3.43. The second-order valence-electron chi connectivity index (χ2n) is 6.80. The Morgan fingerprint density at radius 2 is 1.74 bits per heavy atom. The third kappa shape index (κ3) is 3.28. The van der Waals surface area contributed by atoms with Crippen molar-refractivity contribution in [2.75, 3.05) is 20.8 Å². The lowest BCUT2D eigenvalue weighted by Crippen LogP contribution is -2.11. The zero-order valence-electron chi connectivity index (χ0n) is 16.0. The van der Waals surface area contributed by atoms with Crippen LogP contribution in [0.5, 0.6) is 5.75 Å². The van der Waals surface area contributed by atoms with Gasteiger partial charge in [0.25, 0.3) is 0 Å². The van der Waals surface area contributed by atoms with Gasteiger partial charge in [-0.1, -0.05) is 43.3 Å². The molecule has 4 aromatic rings. The number of ether oxygens (including phenoxy) is 2. The third-order valence-corrected chi connectivity index (χ3v) is 5.16. The predicted octanol–water partition coefficient (Wildman–Crippen LogP) is 5.00. The Hall–Kier alpha value is -2.85. The lowest BCUT2D eigenvalue weighted by molar-refractivity contribution is 0.187. The number of benzene rings is 3. The van der Waals surface area contributed by atoms with Crippen LogP contribution in [0.25, 0.3) is 21.8 Å². The summed E-state index contributed by atoms with van der Waals surface area (Å²) in [6.07, 6.45) is 0. The van der Waals surface area contributed by atoms with E-state index in [0.29, 0.717) is 6.61 Å². The molecule has 1 aromatic heterocycles. The Bertz CT molecular complexity index is 1080. The maximum absolute atomic E-state index is 5.33. The minimum Gasteiger partial charge on any atom is -0.497 e. The molecule has 1 atom stereocenters. The molecule has 0 spiro atoms. The van der Waals surface area contributed by atoms with E-state index < -0.39 is 0 Å². The molecule has 0 aliphatic heterocycles. The van der Waals surface area contributed by atoms with Crippen molar-refractivity contribution in [1.82, 2.24) is 9.55 Å². The molecular weight excluding hydrogens is 336 g/mol. The maximum Gasteiger partial charge on any atom is 0.119 e. The number of rotatable bonds is 6. The van der Waals surface area contributed by atoms with Gasteiger partial charge in [-0.2, -0.15) is 0 Å². The summed E-state index contributed by atoms with van der Waals surface area (Å²) >= 11 is 0. The van der Waals surface area contributed by atoms with Crippen LogP contribution in [-0.2, 0) is 11.3 Å². The van der Waals surface area contributed by atoms with Gasteiger partial charge in [-0.3, -0.25) is 0 Å². The Morgan fingerprint density at radius 3 is 2.56 bits per heavy atom. The van der Waals surface area contributed by atoms with Gasteiger partial charge in [-0.05, 0) is 40.6 Å². The minimum atomic E-state index is 0.181. The Morgan fingerprint density at radius 1 is 0.963 bits per heavy atom. The number of nitrogens with zero attached hydrogens (tertiary/aromatic N) is 2. The molecule has 4 heteroatoms. The van der Waals surface area contributed by atoms with Gasteiger partial charge in [0.1, 0.15) is 11.6 Å². The van der Waals surface area contributed by atoms with Gasteiger partial charge in [0.05, 0.1) is 24.8 Å². The van der Waals surface area contributed by atoms with Crippen LogP contribution >= 0.6 is 0 Å². The first kappa shape index (κ1) is 17.6. The first-order chi connectivity index (χ1) is 13.2. The van der Waals surface area contributed by atoms with Crippen molar-refractivity contribution in [3.05, 3.63) is 72.1 Å². The third-order valence-electron chi connectivity index (χ3n) is 5.16. The summed E-state index contributed by atoms with van der Waals surface area (Å²) in [4.78, 5) is 4.94. The van der Waals surface area contributed by atoms with Gasteiger partial charge in [0, 0.05) is 19.6 Å². The van der Waals surface area contributed by atoms with Gasteiger partial charge in [-0.15, -0.1) is 0 Å². The van der Waals surface area contributed by atoms with E-state index in [1.807, 2.05) is 12.1 Å². The van der Waals surface area contributed by atoms with Crippen LogP contribution in [0.3, 0.4) is 0 Å². The van der Waals surface area contributed by atoms with Gasteiger partial charge in [0.15, 0.2) is 0 Å². The van der Waals surface area contributed by atoms with Crippen molar-refractivity contribution in [1.29, 1.82) is 0 Å². The fourth-order valence-electron chi connectivity index (χ4n) is 3.63. The van der Waals surface area contributed by atoms with Crippen molar-refractivity contribution in [2.45, 2.75) is 19.4 Å². The second kappa shape index (κ2) is 7.41. The highest BCUT2D eigenvalue weighted by Gasteiger charge is 2.18. The van der Waals surface area contributed by atoms with Crippen LogP contribution < -0.4 is 4.74 Å². The average Bonchev–Trinajstić information content (AvgIpc) is 3.09. The van der Waals surface area contributed by atoms with Crippen LogP contribution in [0.2, 0.25) is 0 Å². The molecule has 0 saturated carbocycles. The molecule has 0 aliphatic rings. The van der Waals surface area contributed by atoms with Gasteiger partial charge >= 0.3 is 0 Å². The second-order valence-corrected chi connectivity index (χ2v) is 6.80. The van der Waals surface area contributed by atoms with Gasteiger partial charge in [-0.25, -0.2) is 4.98 Å². The van der Waals surface area contributed by atoms with Crippen LogP contribution in [0.15, 0.2) is 60.7 Å². The van der Waals surface area contributed by atoms with E-state index in [2.05, 4.69) is 60.0 Å². The molecule has 0 amide bonds. The summed E-state index contributed by atoms with van der Waals surface area (Å²) in [5, 5.41) is 2.39. The minimum absolute atomic E-state index is 0.181. The highest BCUT2D eigenvalue weighted by atomic mass is 16.5. The standard InChI is InChI=1S/C23H24N2O2/c1-16(17-8-9-19-15-20(27-3)11-10-18(19)14-17)23-24-21-6-4-5-7-22(21)25(23)12-13-26-2/h4-11,14-16H,12-13H2,1-3H3/t16-/m0/s1. The molecule has 27 heavy (non-hydrogen) atoms. The molecule has 0 aliphatic carbocycles. The SMILES string of the molecule is COCCn1c([C@@H](C)c2ccc3cc(OC)ccc3c2)nc2ccccc21. The van der Waals surface area contributed by atoms with E-state index in [9.17, 15) is 0 Å². The van der Waals surface area contributed by atoms with Crippen LogP contribution in [0.4, 0.5) is 0 Å². The highest BCUT2D eigenvalue weighted by Crippen LogP contribution is 2.30. The van der Waals surface area contributed by atoms with Gasteiger partial charge in [0.2, 0.25) is 0 Å². The molecule has 0 saturated heterocycles. The topological polar surface area (TPSA) is 36.3 Å². The Labute approximate surface area is 159 Å². The molecule has 138 valence electrons. The van der Waals surface area contributed by atoms with Crippen molar-refractivity contribution in [3.63, 3.8) is 0 Å². The number of imidazole rings is 1. The number of methoxy groups -OCH3 is 2. The first-order valence-electron chi connectivity index (χ1n) is 9.23. The average molecular weight is 360 g/mol. The van der Waals surface area contributed by atoms with E-state index in [0.717, 1.165) is 29.2 Å². The zero-order valence-corrected chi connectivity index (χ0v) is 16.0. The largest absolute Gasteiger partial charge is 0.497 e. The number of aromatic nitrogens is 2. The first-order valence-corrected chi connectivity index (χ1v) is 9.23. The molecule has 0 fully saturated rings. The van der Waals surface area contributed by atoms with E-state index >= 15 is 0 Å². The Balaban J connectivity index is 1.77. The van der Waals surface area contributed by atoms with Crippen molar-refractivity contribution in [3.8, 4) is 5.75 Å². The fraction of sp³-hybridized carbons (Fsp3) is 0.261. The summed E-state index contributed by atoms with van der Waals surface area (Å²) in [5.74, 6) is 2.13. The van der Waals surface area contributed by atoms with Crippen LogP contribution in [0, 0.1) is 0 Å². The molecule has 0 radical (unpaired) electrons. The highest BCUT2D eigenvalue weighted by molar-refractivity contribution is 5.85. The number of fused-ring (bicyclic) bond motifs is 2. The Kier molecular flexibility index (Phi) is 4.82. The summed E-state index contributed by atoms with van der Waals surface area (Å²) in [6.45, 7) is 3.67. The fourth-order valence-corrected chi connectivity index (χ4v) is 3.63. The van der Waals surface area contributed by atoms with Crippen molar-refractivity contribution >= 4 is 21.8 Å². The smallest absolute Gasteiger partial charge is 0.119 e. The van der Waals surface area contributed by atoms with Crippen molar-refractivity contribution in [2.24, 2.45) is 0 Å². The normalized spacial score (nSPS) is 12.6. The van der Waals surface area contributed by atoms with E-state index in [1.54, 1.807) is 14.2 Å². The van der Waals surface area contributed by atoms with Crippen LogP contribution in [0.1, 0.15) is 24.2 Å². The maximum atomic E-state index is 5.33. The predicted molar refractivity (Wildman–Crippen MR) is 110 cm³/mol. The van der Waals surface area contributed by atoms with Gasteiger partial charge < -0.3 is 14.0 Å². The molecule has 0 bridgehead atoms. The number of para-hydroxylation sites is 2. The molecule has 4 nitrogen and oxygen atoms in total. The molecule has 0 N–H and O–H groups in total. The lowest BCUT2D eigenvalue weighted by atomic mass is 9.97. The molecule has 0 unspecified atom stereocenters. The van der Waals surface area contributed by atoms with E-state index in [-0.39, 0.29) is 5.92 Å². The summed E-state index contributed by atoms with van der Waals surface area (Å²) in [5.41, 5.74) is 3.43. The molecule has 1 heterocycles. The quantitative estimate of drug-likeness (QED) is 0.486. The van der Waals surface area contributed by atoms with Crippen LogP contribution in [-0.4, -0.2) is 30.4 Å². The molecule has 4 rings (SSSR count). The summed E-state index contributed by atoms with van der Waals surface area (Å²) < 4.78 is 12.9. The van der Waals surface area contributed by atoms with Crippen molar-refractivity contribution < 1.29 is 9.47 Å².